The molecule has 4 heteroatoms. The fraction of sp³-hybridized carbons (Fsp3) is 0.103. The number of rotatable bonds is 6. The van der Waals surface area contributed by atoms with E-state index in [1.165, 1.54) is 0 Å². The maximum absolute atomic E-state index is 15.1. The van der Waals surface area contributed by atoms with Crippen LogP contribution in [0.1, 0.15) is 23.7 Å². The summed E-state index contributed by atoms with van der Waals surface area (Å²) in [4.78, 5) is 0. The first-order valence-corrected chi connectivity index (χ1v) is 12.8. The maximum Gasteiger partial charge on any atom is 0.170 e. The largest absolute Gasteiger partial charge is 0.486 e. The molecule has 164 valence electrons. The number of aliphatic hydroxyl groups excluding tert-OH is 1. The third-order valence-corrected chi connectivity index (χ3v) is 9.27. The average molecular weight is 452 g/mol. The minimum Gasteiger partial charge on any atom is -0.486 e. The van der Waals surface area contributed by atoms with Crippen LogP contribution >= 0.6 is 7.14 Å². The molecule has 0 radical (unpaired) electrons. The van der Waals surface area contributed by atoms with Crippen molar-refractivity contribution in [3.8, 4) is 0 Å². The molecule has 1 heterocycles. The van der Waals surface area contributed by atoms with E-state index in [2.05, 4.69) is 0 Å². The monoisotopic (exact) mass is 452 g/mol. The van der Waals surface area contributed by atoms with Crippen molar-refractivity contribution in [1.29, 1.82) is 0 Å². The Morgan fingerprint density at radius 3 is 1.67 bits per heavy atom. The summed E-state index contributed by atoms with van der Waals surface area (Å²) in [5.74, 6) is 0.603. The van der Waals surface area contributed by atoms with Gasteiger partial charge in [0.25, 0.3) is 0 Å². The molecule has 0 aromatic heterocycles. The summed E-state index contributed by atoms with van der Waals surface area (Å²) in [6, 6.07) is 38.5. The summed E-state index contributed by atoms with van der Waals surface area (Å²) < 4.78 is 21.5. The van der Waals surface area contributed by atoms with Gasteiger partial charge in [-0.05, 0) is 5.56 Å². The molecular formula is C29H25O3P. The van der Waals surface area contributed by atoms with Crippen LogP contribution in [0.15, 0.2) is 127 Å². The Labute approximate surface area is 194 Å². The van der Waals surface area contributed by atoms with Crippen LogP contribution in [0.25, 0.3) is 5.76 Å². The molecule has 1 N–H and O–H groups in total. The van der Waals surface area contributed by atoms with Crippen LogP contribution in [0.5, 0.6) is 0 Å². The van der Waals surface area contributed by atoms with Crippen LogP contribution < -0.4 is 10.6 Å². The van der Waals surface area contributed by atoms with Gasteiger partial charge in [0, 0.05) is 27.9 Å². The van der Waals surface area contributed by atoms with Crippen molar-refractivity contribution >= 4 is 23.5 Å². The first-order valence-electron chi connectivity index (χ1n) is 11.1. The molecule has 4 aromatic rings. The van der Waals surface area contributed by atoms with Crippen molar-refractivity contribution in [1.82, 2.24) is 0 Å². The van der Waals surface area contributed by atoms with E-state index in [0.717, 1.165) is 27.1 Å². The number of benzene rings is 4. The number of aliphatic hydroxyl groups is 1. The molecule has 0 saturated heterocycles. The molecular weight excluding hydrogens is 427 g/mol. The van der Waals surface area contributed by atoms with E-state index in [-0.39, 0.29) is 0 Å². The summed E-state index contributed by atoms with van der Waals surface area (Å²) in [5, 5.41) is 13.4. The Morgan fingerprint density at radius 2 is 1.15 bits per heavy atom. The second-order valence-electron chi connectivity index (χ2n) is 8.14. The highest BCUT2D eigenvalue weighted by Gasteiger charge is 2.43. The van der Waals surface area contributed by atoms with Gasteiger partial charge in [0.2, 0.25) is 0 Å². The Kier molecular flexibility index (Phi) is 6.00. The third-order valence-electron chi connectivity index (χ3n) is 6.07. The molecule has 0 spiro atoms. The fourth-order valence-electron chi connectivity index (χ4n) is 4.42. The van der Waals surface area contributed by atoms with E-state index in [4.69, 9.17) is 4.74 Å². The molecule has 1 aliphatic heterocycles. The molecule has 2 atom stereocenters. The van der Waals surface area contributed by atoms with Crippen molar-refractivity contribution in [2.24, 2.45) is 0 Å². The van der Waals surface area contributed by atoms with Crippen LogP contribution in [0.2, 0.25) is 0 Å². The minimum atomic E-state index is -3.22. The summed E-state index contributed by atoms with van der Waals surface area (Å²) in [7, 11) is -3.22. The van der Waals surface area contributed by atoms with E-state index in [1.807, 2.05) is 121 Å². The quantitative estimate of drug-likeness (QED) is 0.371. The fourth-order valence-corrected chi connectivity index (χ4v) is 7.43. The van der Waals surface area contributed by atoms with Gasteiger partial charge in [0.05, 0.1) is 0 Å². The zero-order valence-electron chi connectivity index (χ0n) is 18.1. The first-order chi connectivity index (χ1) is 16.2. The molecule has 33 heavy (non-hydrogen) atoms. The van der Waals surface area contributed by atoms with E-state index < -0.39 is 19.3 Å². The average Bonchev–Trinajstić information content (AvgIpc) is 3.36. The second kappa shape index (κ2) is 9.23. The molecule has 0 amide bonds. The summed E-state index contributed by atoms with van der Waals surface area (Å²) in [6.07, 6.45) is -0.984. The predicted molar refractivity (Wildman–Crippen MR) is 134 cm³/mol. The molecule has 0 bridgehead atoms. The highest BCUT2D eigenvalue weighted by Crippen LogP contribution is 2.59. The van der Waals surface area contributed by atoms with Gasteiger partial charge in [0.15, 0.2) is 7.14 Å². The topological polar surface area (TPSA) is 46.5 Å². The van der Waals surface area contributed by atoms with Gasteiger partial charge in [-0.1, -0.05) is 121 Å². The van der Waals surface area contributed by atoms with Gasteiger partial charge in [-0.15, -0.1) is 0 Å². The second-order valence-corrected chi connectivity index (χ2v) is 10.9. The Hall–Kier alpha value is -3.39. The highest BCUT2D eigenvalue weighted by atomic mass is 31.2. The summed E-state index contributed by atoms with van der Waals surface area (Å²) in [5.41, 5.74) is 1.65. The van der Waals surface area contributed by atoms with Gasteiger partial charge in [0.1, 0.15) is 18.0 Å². The van der Waals surface area contributed by atoms with Crippen molar-refractivity contribution < 1.29 is 14.4 Å². The molecule has 0 unspecified atom stereocenters. The summed E-state index contributed by atoms with van der Waals surface area (Å²) in [6.45, 7) is 0. The molecule has 0 fully saturated rings. The predicted octanol–water partition coefficient (Wildman–Crippen LogP) is 5.89. The summed E-state index contributed by atoms with van der Waals surface area (Å²) >= 11 is 0. The standard InChI is InChI=1S/C29H25O3P/c30-28(22-13-5-1-6-14-22)26-21-27(29(32-26)23-15-7-2-8-16-23)33(31,24-17-9-3-10-18-24)25-19-11-4-12-20-25/h1-20,26,28,30H,21H2/t26-,28+/m0/s1. The van der Waals surface area contributed by atoms with Crippen LogP contribution in [0, 0.1) is 0 Å². The van der Waals surface area contributed by atoms with Crippen LogP contribution in [0.3, 0.4) is 0 Å². The smallest absolute Gasteiger partial charge is 0.170 e. The normalized spacial score (nSPS) is 16.9. The van der Waals surface area contributed by atoms with E-state index in [9.17, 15) is 5.11 Å². The van der Waals surface area contributed by atoms with Crippen molar-refractivity contribution in [3.63, 3.8) is 0 Å². The van der Waals surface area contributed by atoms with Gasteiger partial charge in [-0.2, -0.15) is 0 Å². The van der Waals surface area contributed by atoms with Crippen LogP contribution in [-0.2, 0) is 9.30 Å². The molecule has 0 aliphatic carbocycles. The lowest BCUT2D eigenvalue weighted by atomic mass is 10.0. The Morgan fingerprint density at radius 1 is 0.697 bits per heavy atom. The lowest BCUT2D eigenvalue weighted by molar-refractivity contribution is 0.0307. The minimum absolute atomic E-state index is 0.376. The van der Waals surface area contributed by atoms with E-state index in [0.29, 0.717) is 12.2 Å². The molecule has 4 aromatic carbocycles. The first kappa shape index (κ1) is 21.5. The highest BCUT2D eigenvalue weighted by molar-refractivity contribution is 7.82. The zero-order valence-corrected chi connectivity index (χ0v) is 19.0. The Balaban J connectivity index is 1.67. The van der Waals surface area contributed by atoms with E-state index in [1.54, 1.807) is 0 Å². The van der Waals surface area contributed by atoms with Crippen molar-refractivity contribution in [3.05, 3.63) is 138 Å². The lowest BCUT2D eigenvalue weighted by Gasteiger charge is -2.22. The molecule has 3 nitrogen and oxygen atoms in total. The van der Waals surface area contributed by atoms with Gasteiger partial charge < -0.3 is 14.4 Å². The molecule has 1 aliphatic rings. The van der Waals surface area contributed by atoms with Crippen molar-refractivity contribution in [2.45, 2.75) is 18.6 Å². The lowest BCUT2D eigenvalue weighted by Crippen LogP contribution is -2.20. The number of ether oxygens (including phenoxy) is 1. The van der Waals surface area contributed by atoms with E-state index >= 15 is 4.57 Å². The number of hydrogen-bond donors (Lipinski definition) is 1. The van der Waals surface area contributed by atoms with Gasteiger partial charge >= 0.3 is 0 Å². The zero-order chi connectivity index (χ0) is 22.7. The van der Waals surface area contributed by atoms with Crippen LogP contribution in [-0.4, -0.2) is 11.2 Å². The number of hydrogen-bond acceptors (Lipinski definition) is 3. The van der Waals surface area contributed by atoms with Gasteiger partial charge in [-0.25, -0.2) is 0 Å². The SMILES string of the molecule is O=P(C1=C(c2ccccc2)O[C@H]([C@H](O)c2ccccc2)C1)(c1ccccc1)c1ccccc1. The van der Waals surface area contributed by atoms with Crippen LogP contribution in [0.4, 0.5) is 0 Å². The van der Waals surface area contributed by atoms with Gasteiger partial charge in [-0.3, -0.25) is 0 Å². The molecule has 5 rings (SSSR count). The molecule has 0 saturated carbocycles. The van der Waals surface area contributed by atoms with Crippen molar-refractivity contribution in [2.75, 3.05) is 0 Å². The maximum atomic E-state index is 15.1. The Bertz CT molecular complexity index is 1240. The third kappa shape index (κ3) is 4.06.